The quantitative estimate of drug-likeness (QED) is 0.321. The molecule has 0 bridgehead atoms. The molecule has 0 fully saturated rings. The van der Waals surface area contributed by atoms with Crippen molar-refractivity contribution in [2.24, 2.45) is 4.99 Å². The summed E-state index contributed by atoms with van der Waals surface area (Å²) in [6.07, 6.45) is 3.82. The van der Waals surface area contributed by atoms with E-state index < -0.39 is 0 Å². The zero-order chi connectivity index (χ0) is 19.4. The lowest BCUT2D eigenvalue weighted by Crippen LogP contribution is -2.38. The molecule has 0 spiro atoms. The predicted molar refractivity (Wildman–Crippen MR) is 111 cm³/mol. The second-order valence-electron chi connectivity index (χ2n) is 6.37. The fourth-order valence-electron chi connectivity index (χ4n) is 2.81. The zero-order valence-corrected chi connectivity index (χ0v) is 16.3. The molecule has 0 saturated heterocycles. The van der Waals surface area contributed by atoms with Crippen molar-refractivity contribution >= 4 is 11.6 Å². The summed E-state index contributed by atoms with van der Waals surface area (Å²) in [5.74, 6) is 1.59. The van der Waals surface area contributed by atoms with E-state index in [1.165, 1.54) is 5.56 Å². The van der Waals surface area contributed by atoms with Crippen LogP contribution in [0.4, 0.5) is 0 Å². The van der Waals surface area contributed by atoms with Crippen LogP contribution in [0.5, 0.6) is 0 Å². The minimum Gasteiger partial charge on any atom is -0.381 e. The van der Waals surface area contributed by atoms with E-state index in [4.69, 9.17) is 4.74 Å². The van der Waals surface area contributed by atoms with Gasteiger partial charge >= 0.3 is 0 Å². The number of hydrogen-bond donors (Lipinski definition) is 2. The van der Waals surface area contributed by atoms with Crippen LogP contribution in [0.1, 0.15) is 24.7 Å². The van der Waals surface area contributed by atoms with Crippen LogP contribution in [0, 0.1) is 0 Å². The standard InChI is InChI=1S/C21H28N6O/c1-2-22-21(24-17-20-26-25-19-11-6-7-14-27(19)20)23-13-8-15-28-16-12-18-9-4-3-5-10-18/h3-7,9-11,14H,2,8,12-13,15-17H2,1H3,(H2,22,23,24). The number of rotatable bonds is 10. The van der Waals surface area contributed by atoms with Crippen molar-refractivity contribution in [3.8, 4) is 0 Å². The monoisotopic (exact) mass is 380 g/mol. The number of aromatic nitrogens is 3. The smallest absolute Gasteiger partial charge is 0.191 e. The van der Waals surface area contributed by atoms with Crippen molar-refractivity contribution in [3.05, 3.63) is 66.1 Å². The lowest BCUT2D eigenvalue weighted by atomic mass is 10.2. The molecule has 28 heavy (non-hydrogen) atoms. The number of hydrogen-bond acceptors (Lipinski definition) is 4. The van der Waals surface area contributed by atoms with Crippen molar-refractivity contribution in [3.63, 3.8) is 0 Å². The van der Waals surface area contributed by atoms with Crippen LogP contribution in [0.15, 0.2) is 59.7 Å². The van der Waals surface area contributed by atoms with Gasteiger partial charge in [-0.1, -0.05) is 36.4 Å². The van der Waals surface area contributed by atoms with Crippen molar-refractivity contribution in [2.75, 3.05) is 26.3 Å². The highest BCUT2D eigenvalue weighted by atomic mass is 16.5. The molecule has 3 rings (SSSR count). The van der Waals surface area contributed by atoms with Gasteiger partial charge < -0.3 is 15.4 Å². The maximum atomic E-state index is 5.72. The molecule has 0 aliphatic rings. The minimum absolute atomic E-state index is 0.466. The Morgan fingerprint density at radius 1 is 1.04 bits per heavy atom. The average molecular weight is 380 g/mol. The molecule has 2 N–H and O–H groups in total. The van der Waals surface area contributed by atoms with Crippen molar-refractivity contribution in [2.45, 2.75) is 26.3 Å². The fraction of sp³-hybridized carbons (Fsp3) is 0.381. The number of benzene rings is 1. The van der Waals surface area contributed by atoms with Gasteiger partial charge in [-0.05, 0) is 37.5 Å². The summed E-state index contributed by atoms with van der Waals surface area (Å²) >= 11 is 0. The topological polar surface area (TPSA) is 75.8 Å². The first kappa shape index (κ1) is 19.8. The third-order valence-corrected chi connectivity index (χ3v) is 4.24. The summed E-state index contributed by atoms with van der Waals surface area (Å²) < 4.78 is 7.68. The van der Waals surface area contributed by atoms with Crippen molar-refractivity contribution < 1.29 is 4.74 Å². The maximum Gasteiger partial charge on any atom is 0.191 e. The van der Waals surface area contributed by atoms with E-state index in [1.54, 1.807) is 0 Å². The fourth-order valence-corrected chi connectivity index (χ4v) is 2.81. The first-order valence-corrected chi connectivity index (χ1v) is 9.79. The van der Waals surface area contributed by atoms with E-state index in [-0.39, 0.29) is 0 Å². The lowest BCUT2D eigenvalue weighted by Gasteiger charge is -2.11. The molecule has 0 unspecified atom stereocenters. The number of nitrogens with one attached hydrogen (secondary N) is 2. The molecule has 0 radical (unpaired) electrons. The normalized spacial score (nSPS) is 11.7. The van der Waals surface area contributed by atoms with Gasteiger partial charge in [0, 0.05) is 25.9 Å². The summed E-state index contributed by atoms with van der Waals surface area (Å²) in [7, 11) is 0. The molecule has 2 heterocycles. The van der Waals surface area contributed by atoms with E-state index >= 15 is 0 Å². The average Bonchev–Trinajstić information content (AvgIpc) is 3.15. The Morgan fingerprint density at radius 2 is 1.89 bits per heavy atom. The second-order valence-corrected chi connectivity index (χ2v) is 6.37. The van der Waals surface area contributed by atoms with Crippen LogP contribution < -0.4 is 10.6 Å². The highest BCUT2D eigenvalue weighted by Gasteiger charge is 2.04. The highest BCUT2D eigenvalue weighted by Crippen LogP contribution is 2.04. The number of pyridine rings is 1. The Kier molecular flexibility index (Phi) is 7.81. The molecule has 148 valence electrons. The molecular weight excluding hydrogens is 352 g/mol. The van der Waals surface area contributed by atoms with Gasteiger partial charge in [0.25, 0.3) is 0 Å². The summed E-state index contributed by atoms with van der Waals surface area (Å²) in [4.78, 5) is 4.61. The second kappa shape index (κ2) is 11.0. The lowest BCUT2D eigenvalue weighted by molar-refractivity contribution is 0.135. The largest absolute Gasteiger partial charge is 0.381 e. The Balaban J connectivity index is 1.37. The molecule has 7 nitrogen and oxygen atoms in total. The Morgan fingerprint density at radius 3 is 2.75 bits per heavy atom. The number of fused-ring (bicyclic) bond motifs is 1. The summed E-state index contributed by atoms with van der Waals surface area (Å²) in [5, 5.41) is 15.0. The molecule has 0 aliphatic carbocycles. The number of guanidine groups is 1. The Bertz CT molecular complexity index is 861. The van der Waals surface area contributed by atoms with Crippen LogP contribution in [0.2, 0.25) is 0 Å². The van der Waals surface area contributed by atoms with Gasteiger partial charge in [0.05, 0.1) is 6.61 Å². The highest BCUT2D eigenvalue weighted by molar-refractivity contribution is 5.79. The molecule has 2 aromatic heterocycles. The van der Waals surface area contributed by atoms with E-state index in [0.717, 1.165) is 56.6 Å². The Labute approximate surface area is 165 Å². The molecule has 0 amide bonds. The van der Waals surface area contributed by atoms with Crippen LogP contribution in [-0.2, 0) is 17.7 Å². The number of nitrogens with zero attached hydrogens (tertiary/aromatic N) is 4. The molecule has 0 saturated carbocycles. The number of aliphatic imine (C=N–C) groups is 1. The summed E-state index contributed by atoms with van der Waals surface area (Å²) in [5.41, 5.74) is 2.14. The molecule has 0 atom stereocenters. The molecular formula is C21H28N6O. The molecule has 7 heteroatoms. The van der Waals surface area contributed by atoms with Crippen LogP contribution >= 0.6 is 0 Å². The molecule has 0 aliphatic heterocycles. The Hall–Kier alpha value is -2.93. The number of ether oxygens (including phenoxy) is 1. The van der Waals surface area contributed by atoms with Gasteiger partial charge in [0.15, 0.2) is 17.4 Å². The SMILES string of the molecule is CCNC(=NCc1nnc2ccccn12)NCCCOCCc1ccccc1. The van der Waals surface area contributed by atoms with E-state index in [2.05, 4.69) is 57.0 Å². The third kappa shape index (κ3) is 6.06. The summed E-state index contributed by atoms with van der Waals surface area (Å²) in [6.45, 7) is 5.61. The van der Waals surface area contributed by atoms with E-state index in [9.17, 15) is 0 Å². The summed E-state index contributed by atoms with van der Waals surface area (Å²) in [6, 6.07) is 16.2. The molecule has 3 aromatic rings. The molecule has 1 aromatic carbocycles. The first-order chi connectivity index (χ1) is 13.9. The van der Waals surface area contributed by atoms with E-state index in [0.29, 0.717) is 6.54 Å². The van der Waals surface area contributed by atoms with Crippen LogP contribution in [0.3, 0.4) is 0 Å². The zero-order valence-electron chi connectivity index (χ0n) is 16.3. The van der Waals surface area contributed by atoms with Gasteiger partial charge in [0.1, 0.15) is 6.54 Å². The van der Waals surface area contributed by atoms with Crippen LogP contribution in [-0.4, -0.2) is 46.9 Å². The van der Waals surface area contributed by atoms with Gasteiger partial charge in [-0.25, -0.2) is 4.99 Å². The van der Waals surface area contributed by atoms with Gasteiger partial charge in [-0.3, -0.25) is 4.40 Å². The van der Waals surface area contributed by atoms with Crippen molar-refractivity contribution in [1.29, 1.82) is 0 Å². The minimum atomic E-state index is 0.466. The van der Waals surface area contributed by atoms with Gasteiger partial charge in [0.2, 0.25) is 0 Å². The van der Waals surface area contributed by atoms with Crippen LogP contribution in [0.25, 0.3) is 5.65 Å². The first-order valence-electron chi connectivity index (χ1n) is 9.79. The predicted octanol–water partition coefficient (Wildman–Crippen LogP) is 2.43. The van der Waals surface area contributed by atoms with Gasteiger partial charge in [-0.2, -0.15) is 0 Å². The third-order valence-electron chi connectivity index (χ3n) is 4.24. The van der Waals surface area contributed by atoms with E-state index in [1.807, 2.05) is 34.9 Å². The van der Waals surface area contributed by atoms with Gasteiger partial charge in [-0.15, -0.1) is 10.2 Å². The van der Waals surface area contributed by atoms with Crippen molar-refractivity contribution in [1.82, 2.24) is 25.2 Å². The maximum absolute atomic E-state index is 5.72.